The van der Waals surface area contributed by atoms with Crippen LogP contribution in [0.25, 0.3) is 22.5 Å². The van der Waals surface area contributed by atoms with Gasteiger partial charge in [-0.2, -0.15) is 27.2 Å². The summed E-state index contributed by atoms with van der Waals surface area (Å²) < 4.78 is 64.9. The van der Waals surface area contributed by atoms with E-state index in [1.54, 1.807) is 22.7 Å². The highest BCUT2D eigenvalue weighted by Gasteiger charge is 2.56. The Hall–Kier alpha value is -3.81. The van der Waals surface area contributed by atoms with Crippen molar-refractivity contribution in [2.75, 3.05) is 6.54 Å². The zero-order chi connectivity index (χ0) is 23.5. The Morgan fingerprint density at radius 1 is 1.22 bits per heavy atom. The van der Waals surface area contributed by atoms with Crippen molar-refractivity contribution in [3.05, 3.63) is 59.8 Å². The van der Waals surface area contributed by atoms with E-state index in [-0.39, 0.29) is 11.3 Å². The molecule has 3 aromatic heterocycles. The number of aromatic nitrogens is 3. The number of rotatable bonds is 7. The van der Waals surface area contributed by atoms with Crippen LogP contribution in [0.4, 0.5) is 22.0 Å². The SMILES string of the molecule is Cc1cn2ccc(-c3nc(C#N)ccc3/C(C=N)=C/NCCC(F)(F)C(F)(F)F)cc2n1. The van der Waals surface area contributed by atoms with Crippen molar-refractivity contribution in [2.24, 2.45) is 0 Å². The van der Waals surface area contributed by atoms with E-state index in [1.165, 1.54) is 18.3 Å². The Balaban J connectivity index is 1.94. The van der Waals surface area contributed by atoms with Crippen LogP contribution in [-0.2, 0) is 0 Å². The molecule has 0 unspecified atom stereocenters. The van der Waals surface area contributed by atoms with Crippen LogP contribution in [0.1, 0.15) is 23.4 Å². The highest BCUT2D eigenvalue weighted by molar-refractivity contribution is 6.10. The summed E-state index contributed by atoms with van der Waals surface area (Å²) in [4.78, 5) is 8.68. The van der Waals surface area contributed by atoms with Gasteiger partial charge in [0.1, 0.15) is 17.4 Å². The number of allylic oxidation sites excluding steroid dienone is 1. The molecular weight excluding hydrogens is 431 g/mol. The number of pyridine rings is 2. The molecule has 0 saturated heterocycles. The summed E-state index contributed by atoms with van der Waals surface area (Å²) in [5, 5.41) is 19.3. The molecule has 32 heavy (non-hydrogen) atoms. The molecule has 11 heteroatoms. The molecule has 6 nitrogen and oxygen atoms in total. The first-order valence-corrected chi connectivity index (χ1v) is 9.31. The van der Waals surface area contributed by atoms with Crippen LogP contribution < -0.4 is 5.32 Å². The van der Waals surface area contributed by atoms with Crippen molar-refractivity contribution in [3.8, 4) is 17.3 Å². The first-order chi connectivity index (χ1) is 15.1. The van der Waals surface area contributed by atoms with E-state index in [1.807, 2.05) is 19.2 Å². The van der Waals surface area contributed by atoms with Crippen LogP contribution in [0, 0.1) is 23.7 Å². The minimum atomic E-state index is -5.63. The van der Waals surface area contributed by atoms with Crippen LogP contribution in [0.5, 0.6) is 0 Å². The second-order valence-corrected chi connectivity index (χ2v) is 6.92. The van der Waals surface area contributed by atoms with Gasteiger partial charge in [-0.15, -0.1) is 0 Å². The van der Waals surface area contributed by atoms with Crippen molar-refractivity contribution in [1.82, 2.24) is 19.7 Å². The molecule has 0 aromatic carbocycles. The maximum atomic E-state index is 13.1. The Bertz CT molecular complexity index is 1220. The first kappa shape index (κ1) is 22.9. The molecule has 0 fully saturated rings. The Kier molecular flexibility index (Phi) is 6.25. The van der Waals surface area contributed by atoms with Crippen molar-refractivity contribution in [3.63, 3.8) is 0 Å². The number of fused-ring (bicyclic) bond motifs is 1. The van der Waals surface area contributed by atoms with Crippen LogP contribution in [0.2, 0.25) is 0 Å². The minimum Gasteiger partial charge on any atom is -0.390 e. The average Bonchev–Trinajstić information content (AvgIpc) is 3.12. The standard InChI is InChI=1S/C21H17F5N6/c1-13-12-32-7-4-14(8-18(32)30-13)19-17(3-2-16(10-28)31-19)15(9-27)11-29-6-5-20(22,23)21(24,25)26/h2-4,7-9,11-12,27,29H,5-6H2,1H3/b15-11+,27-9?. The van der Waals surface area contributed by atoms with Crippen LogP contribution in [0.15, 0.2) is 42.9 Å². The lowest BCUT2D eigenvalue weighted by Crippen LogP contribution is -2.38. The zero-order valence-electron chi connectivity index (χ0n) is 16.7. The van der Waals surface area contributed by atoms with Crippen LogP contribution >= 0.6 is 0 Å². The highest BCUT2D eigenvalue weighted by Crippen LogP contribution is 2.37. The summed E-state index contributed by atoms with van der Waals surface area (Å²) in [6.07, 6.45) is -1.42. The Morgan fingerprint density at radius 3 is 2.62 bits per heavy atom. The number of nitrogens with zero attached hydrogens (tertiary/aromatic N) is 4. The van der Waals surface area contributed by atoms with Crippen LogP contribution in [-0.4, -0.2) is 39.2 Å². The number of aryl methyl sites for hydroxylation is 1. The normalized spacial score (nSPS) is 12.6. The molecule has 0 radical (unpaired) electrons. The predicted octanol–water partition coefficient (Wildman–Crippen LogP) is 4.74. The quantitative estimate of drug-likeness (QED) is 0.310. The third-order valence-corrected chi connectivity index (χ3v) is 4.59. The number of hydrogen-bond donors (Lipinski definition) is 2. The van der Waals surface area contributed by atoms with Crippen molar-refractivity contribution in [1.29, 1.82) is 10.7 Å². The summed E-state index contributed by atoms with van der Waals surface area (Å²) >= 11 is 0. The lowest BCUT2D eigenvalue weighted by Gasteiger charge is -2.19. The maximum absolute atomic E-state index is 13.1. The monoisotopic (exact) mass is 448 g/mol. The highest BCUT2D eigenvalue weighted by atomic mass is 19.4. The smallest absolute Gasteiger partial charge is 0.390 e. The van der Waals surface area contributed by atoms with Gasteiger partial charge >= 0.3 is 12.1 Å². The third kappa shape index (κ3) is 4.74. The van der Waals surface area contributed by atoms with Crippen molar-refractivity contribution < 1.29 is 22.0 Å². The van der Waals surface area contributed by atoms with Gasteiger partial charge in [-0.25, -0.2) is 9.97 Å². The van der Waals surface area contributed by atoms with E-state index < -0.39 is 25.1 Å². The second kappa shape index (κ2) is 8.74. The molecule has 0 atom stereocenters. The summed E-state index contributed by atoms with van der Waals surface area (Å²) in [5.74, 6) is -4.82. The van der Waals surface area contributed by atoms with Gasteiger partial charge < -0.3 is 15.1 Å². The minimum absolute atomic E-state index is 0.116. The van der Waals surface area contributed by atoms with E-state index in [9.17, 15) is 27.2 Å². The lowest BCUT2D eigenvalue weighted by molar-refractivity contribution is -0.283. The maximum Gasteiger partial charge on any atom is 0.453 e. The molecule has 0 aliphatic heterocycles. The van der Waals surface area contributed by atoms with Gasteiger partial charge in [-0.3, -0.25) is 0 Å². The lowest BCUT2D eigenvalue weighted by atomic mass is 10.0. The fourth-order valence-corrected chi connectivity index (χ4v) is 2.98. The second-order valence-electron chi connectivity index (χ2n) is 6.92. The van der Waals surface area contributed by atoms with E-state index in [0.717, 1.165) is 11.9 Å². The largest absolute Gasteiger partial charge is 0.453 e. The molecule has 166 valence electrons. The van der Waals surface area contributed by atoms with E-state index in [0.29, 0.717) is 22.5 Å². The van der Waals surface area contributed by atoms with E-state index >= 15 is 0 Å². The molecule has 0 spiro atoms. The zero-order valence-corrected chi connectivity index (χ0v) is 16.7. The Labute approximate surface area is 179 Å². The fraction of sp³-hybridized carbons (Fsp3) is 0.238. The molecule has 2 N–H and O–H groups in total. The number of alkyl halides is 5. The van der Waals surface area contributed by atoms with Gasteiger partial charge in [0.05, 0.1) is 11.4 Å². The van der Waals surface area contributed by atoms with Gasteiger partial charge in [0.2, 0.25) is 0 Å². The third-order valence-electron chi connectivity index (χ3n) is 4.59. The summed E-state index contributed by atoms with van der Waals surface area (Å²) in [6.45, 7) is 1.17. The molecule has 3 aromatic rings. The van der Waals surface area contributed by atoms with E-state index in [2.05, 4.69) is 15.3 Å². The molecule has 0 aliphatic carbocycles. The van der Waals surface area contributed by atoms with Crippen molar-refractivity contribution in [2.45, 2.75) is 25.4 Å². The average molecular weight is 448 g/mol. The van der Waals surface area contributed by atoms with Crippen LogP contribution in [0.3, 0.4) is 0 Å². The summed E-state index contributed by atoms with van der Waals surface area (Å²) in [6, 6.07) is 8.36. The molecule has 0 saturated carbocycles. The molecule has 3 heterocycles. The number of hydrogen-bond acceptors (Lipinski definition) is 5. The molecule has 0 amide bonds. The van der Waals surface area contributed by atoms with Gasteiger partial charge in [0, 0.05) is 54.5 Å². The molecule has 3 rings (SSSR count). The summed E-state index contributed by atoms with van der Waals surface area (Å²) in [7, 11) is 0. The molecule has 0 aliphatic rings. The van der Waals surface area contributed by atoms with Gasteiger partial charge in [0.25, 0.3) is 0 Å². The predicted molar refractivity (Wildman–Crippen MR) is 108 cm³/mol. The Morgan fingerprint density at radius 2 is 1.97 bits per heavy atom. The topological polar surface area (TPSA) is 89.9 Å². The fourth-order valence-electron chi connectivity index (χ4n) is 2.98. The molecule has 0 bridgehead atoms. The number of halogens is 5. The van der Waals surface area contributed by atoms with Gasteiger partial charge in [0.15, 0.2) is 0 Å². The first-order valence-electron chi connectivity index (χ1n) is 9.31. The number of nitrogens with one attached hydrogen (secondary N) is 2. The molecular formula is C21H17F5N6. The van der Waals surface area contributed by atoms with Gasteiger partial charge in [-0.1, -0.05) is 0 Å². The van der Waals surface area contributed by atoms with Gasteiger partial charge in [-0.05, 0) is 31.2 Å². The van der Waals surface area contributed by atoms with E-state index in [4.69, 9.17) is 5.41 Å². The number of nitriles is 1. The number of imidazole rings is 1. The van der Waals surface area contributed by atoms with Crippen molar-refractivity contribution >= 4 is 17.4 Å². The summed E-state index contributed by atoms with van der Waals surface area (Å²) in [5.41, 5.74) is 3.04.